The van der Waals surface area contributed by atoms with Crippen LogP contribution in [-0.2, 0) is 10.3 Å². The summed E-state index contributed by atoms with van der Waals surface area (Å²) in [5, 5.41) is 9.72. The van der Waals surface area contributed by atoms with Gasteiger partial charge in [-0.2, -0.15) is 0 Å². The van der Waals surface area contributed by atoms with Crippen molar-refractivity contribution in [2.24, 2.45) is 5.73 Å². The van der Waals surface area contributed by atoms with Gasteiger partial charge in [0.2, 0.25) is 0 Å². The molecular weight excluding hydrogens is 225 g/mol. The molecule has 1 aromatic carbocycles. The number of hydrogen-bond donors (Lipinski definition) is 2. The molecule has 3 N–H and O–H groups in total. The first-order valence-electron chi connectivity index (χ1n) is 5.20. The van der Waals surface area contributed by atoms with Crippen LogP contribution in [0.2, 0.25) is 0 Å². The number of nitrogens with two attached hydrogens (primary N) is 1. The Bertz CT molecular complexity index is 426. The molecule has 1 rings (SSSR count). The maximum atomic E-state index is 13.7. The van der Waals surface area contributed by atoms with Gasteiger partial charge in [0.25, 0.3) is 0 Å². The average Bonchev–Trinajstić information content (AvgIpc) is 2.14. The number of hydrogen-bond acceptors (Lipinski definition) is 3. The smallest absolute Gasteiger partial charge is 0.405 e. The SMILES string of the molecule is CC(OC(N)=O)c1ccc(C(C)(C)O)cc1F. The van der Waals surface area contributed by atoms with E-state index in [-0.39, 0.29) is 5.56 Å². The number of benzene rings is 1. The Kier molecular flexibility index (Phi) is 3.72. The lowest BCUT2D eigenvalue weighted by Gasteiger charge is -2.19. The maximum Gasteiger partial charge on any atom is 0.405 e. The van der Waals surface area contributed by atoms with E-state index in [1.54, 1.807) is 19.9 Å². The van der Waals surface area contributed by atoms with Gasteiger partial charge < -0.3 is 15.6 Å². The zero-order valence-electron chi connectivity index (χ0n) is 10.0. The van der Waals surface area contributed by atoms with E-state index in [2.05, 4.69) is 4.74 Å². The van der Waals surface area contributed by atoms with Crippen LogP contribution in [0.5, 0.6) is 0 Å². The molecule has 1 amide bonds. The van der Waals surface area contributed by atoms with Crippen LogP contribution in [0.25, 0.3) is 0 Å². The number of carbonyl (C=O) groups excluding carboxylic acids is 1. The molecule has 5 heteroatoms. The summed E-state index contributed by atoms with van der Waals surface area (Å²) < 4.78 is 18.4. The highest BCUT2D eigenvalue weighted by atomic mass is 19.1. The predicted octanol–water partition coefficient (Wildman–Crippen LogP) is 2.21. The summed E-state index contributed by atoms with van der Waals surface area (Å²) >= 11 is 0. The van der Waals surface area contributed by atoms with Gasteiger partial charge in [-0.15, -0.1) is 0 Å². The van der Waals surface area contributed by atoms with Crippen LogP contribution in [0.3, 0.4) is 0 Å². The lowest BCUT2D eigenvalue weighted by molar-refractivity contribution is 0.0778. The van der Waals surface area contributed by atoms with Gasteiger partial charge in [-0.1, -0.05) is 12.1 Å². The van der Waals surface area contributed by atoms with Crippen LogP contribution in [0.1, 0.15) is 38.0 Å². The Labute approximate surface area is 99.2 Å². The van der Waals surface area contributed by atoms with Crippen molar-refractivity contribution < 1.29 is 19.0 Å². The van der Waals surface area contributed by atoms with Gasteiger partial charge in [0, 0.05) is 5.56 Å². The highest BCUT2D eigenvalue weighted by Gasteiger charge is 2.20. The quantitative estimate of drug-likeness (QED) is 0.852. The Morgan fingerprint density at radius 2 is 2.12 bits per heavy atom. The molecule has 0 bridgehead atoms. The van der Waals surface area contributed by atoms with Crippen molar-refractivity contribution in [2.75, 3.05) is 0 Å². The Hall–Kier alpha value is -1.62. The molecule has 1 aromatic rings. The van der Waals surface area contributed by atoms with Crippen LogP contribution in [0.15, 0.2) is 18.2 Å². The summed E-state index contributed by atoms with van der Waals surface area (Å²) in [5.41, 5.74) is 4.41. The largest absolute Gasteiger partial charge is 0.442 e. The number of rotatable bonds is 3. The van der Waals surface area contributed by atoms with Crippen LogP contribution in [0, 0.1) is 5.82 Å². The molecule has 1 atom stereocenters. The van der Waals surface area contributed by atoms with Crippen molar-refractivity contribution >= 4 is 6.09 Å². The second kappa shape index (κ2) is 4.71. The lowest BCUT2D eigenvalue weighted by Crippen LogP contribution is -2.18. The normalized spacial score (nSPS) is 13.2. The van der Waals surface area contributed by atoms with Gasteiger partial charge in [0.05, 0.1) is 5.60 Å². The zero-order chi connectivity index (χ0) is 13.2. The minimum absolute atomic E-state index is 0.219. The first kappa shape index (κ1) is 13.4. The van der Waals surface area contributed by atoms with Gasteiger partial charge in [-0.25, -0.2) is 9.18 Å². The Balaban J connectivity index is 3.02. The zero-order valence-corrected chi connectivity index (χ0v) is 10.0. The summed E-state index contributed by atoms with van der Waals surface area (Å²) in [5.74, 6) is -0.543. The van der Waals surface area contributed by atoms with E-state index in [4.69, 9.17) is 5.73 Å². The molecule has 0 saturated heterocycles. The van der Waals surface area contributed by atoms with Crippen LogP contribution in [0.4, 0.5) is 9.18 Å². The molecule has 0 aliphatic heterocycles. The van der Waals surface area contributed by atoms with Gasteiger partial charge >= 0.3 is 6.09 Å². The fourth-order valence-electron chi connectivity index (χ4n) is 1.48. The fourth-order valence-corrected chi connectivity index (χ4v) is 1.48. The van der Waals surface area contributed by atoms with Crippen LogP contribution in [-0.4, -0.2) is 11.2 Å². The summed E-state index contributed by atoms with van der Waals surface area (Å²) in [4.78, 5) is 10.6. The van der Waals surface area contributed by atoms with Crippen molar-refractivity contribution in [3.8, 4) is 0 Å². The molecule has 1 unspecified atom stereocenters. The number of amides is 1. The molecule has 0 spiro atoms. The summed E-state index contributed by atoms with van der Waals surface area (Å²) in [7, 11) is 0. The van der Waals surface area contributed by atoms with E-state index in [0.717, 1.165) is 0 Å². The molecule has 17 heavy (non-hydrogen) atoms. The molecule has 0 heterocycles. The minimum atomic E-state index is -1.12. The molecule has 0 radical (unpaired) electrons. The van der Waals surface area contributed by atoms with Crippen molar-refractivity contribution in [1.29, 1.82) is 0 Å². The molecule has 0 fully saturated rings. The molecule has 94 valence electrons. The molecule has 0 aromatic heterocycles. The van der Waals surface area contributed by atoms with Gasteiger partial charge in [-0.3, -0.25) is 0 Å². The minimum Gasteiger partial charge on any atom is -0.442 e. The van der Waals surface area contributed by atoms with Crippen molar-refractivity contribution in [2.45, 2.75) is 32.5 Å². The van der Waals surface area contributed by atoms with Crippen molar-refractivity contribution in [1.82, 2.24) is 0 Å². The predicted molar refractivity (Wildman–Crippen MR) is 60.7 cm³/mol. The number of carbonyl (C=O) groups is 1. The van der Waals surface area contributed by atoms with E-state index >= 15 is 0 Å². The molecule has 0 aliphatic carbocycles. The van der Waals surface area contributed by atoms with E-state index < -0.39 is 23.6 Å². The highest BCUT2D eigenvalue weighted by molar-refractivity contribution is 5.65. The first-order chi connectivity index (χ1) is 7.71. The Morgan fingerprint density at radius 3 is 2.53 bits per heavy atom. The molecule has 0 saturated carbocycles. The standard InChI is InChI=1S/C12H16FNO3/c1-7(17-11(14)15)9-5-4-8(6-10(9)13)12(2,3)16/h4-7,16H,1-3H3,(H2,14,15). The van der Waals surface area contributed by atoms with Gasteiger partial charge in [0.1, 0.15) is 11.9 Å². The van der Waals surface area contributed by atoms with Crippen LogP contribution < -0.4 is 5.73 Å². The van der Waals surface area contributed by atoms with E-state index in [1.165, 1.54) is 19.1 Å². The van der Waals surface area contributed by atoms with E-state index in [9.17, 15) is 14.3 Å². The number of aliphatic hydroxyl groups is 1. The molecule has 4 nitrogen and oxygen atoms in total. The van der Waals surface area contributed by atoms with Crippen LogP contribution >= 0.6 is 0 Å². The monoisotopic (exact) mass is 241 g/mol. The van der Waals surface area contributed by atoms with E-state index in [1.807, 2.05) is 0 Å². The van der Waals surface area contributed by atoms with Gasteiger partial charge in [-0.05, 0) is 32.4 Å². The molecular formula is C12H16FNO3. The van der Waals surface area contributed by atoms with Gasteiger partial charge in [0.15, 0.2) is 0 Å². The lowest BCUT2D eigenvalue weighted by atomic mass is 9.96. The number of ether oxygens (including phenoxy) is 1. The topological polar surface area (TPSA) is 72.5 Å². The fraction of sp³-hybridized carbons (Fsp3) is 0.417. The molecule has 0 aliphatic rings. The summed E-state index contributed by atoms with van der Waals surface area (Å²) in [6, 6.07) is 4.27. The number of primary amides is 1. The van der Waals surface area contributed by atoms with E-state index in [0.29, 0.717) is 5.56 Å². The van der Waals surface area contributed by atoms with Crippen molar-refractivity contribution in [3.05, 3.63) is 35.1 Å². The third kappa shape index (κ3) is 3.42. The first-order valence-corrected chi connectivity index (χ1v) is 5.20. The highest BCUT2D eigenvalue weighted by Crippen LogP contribution is 2.26. The second-order valence-electron chi connectivity index (χ2n) is 4.37. The third-order valence-corrected chi connectivity index (χ3v) is 2.44. The average molecular weight is 241 g/mol. The summed E-state index contributed by atoms with van der Waals surface area (Å²) in [6.45, 7) is 4.64. The third-order valence-electron chi connectivity index (χ3n) is 2.44. The summed E-state index contributed by atoms with van der Waals surface area (Å²) in [6.07, 6.45) is -1.72. The van der Waals surface area contributed by atoms with Crippen molar-refractivity contribution in [3.63, 3.8) is 0 Å². The Morgan fingerprint density at radius 1 is 1.53 bits per heavy atom. The number of halogens is 1. The maximum absolute atomic E-state index is 13.7. The second-order valence-corrected chi connectivity index (χ2v) is 4.37.